The molecule has 9 heteroatoms. The van der Waals surface area contributed by atoms with Crippen LogP contribution in [-0.2, 0) is 16.1 Å². The summed E-state index contributed by atoms with van der Waals surface area (Å²) in [6.45, 7) is 4.12. The number of para-hydroxylation sites is 2. The predicted molar refractivity (Wildman–Crippen MR) is 123 cm³/mol. The third-order valence-corrected chi connectivity index (χ3v) is 6.19. The van der Waals surface area contributed by atoms with Gasteiger partial charge in [-0.1, -0.05) is 24.3 Å². The van der Waals surface area contributed by atoms with Gasteiger partial charge >= 0.3 is 0 Å². The van der Waals surface area contributed by atoms with Crippen LogP contribution in [-0.4, -0.2) is 72.6 Å². The molecule has 0 aliphatic carbocycles. The first kappa shape index (κ1) is 23.1. The van der Waals surface area contributed by atoms with E-state index in [4.69, 9.17) is 4.74 Å². The summed E-state index contributed by atoms with van der Waals surface area (Å²) in [4.78, 5) is 29.9. The van der Waals surface area contributed by atoms with Gasteiger partial charge in [-0.05, 0) is 36.6 Å². The van der Waals surface area contributed by atoms with Crippen LogP contribution in [0.25, 0.3) is 0 Å². The van der Waals surface area contributed by atoms with Crippen LogP contribution in [0.2, 0.25) is 0 Å². The van der Waals surface area contributed by atoms with Crippen LogP contribution in [0.15, 0.2) is 48.5 Å². The molecule has 4 rings (SSSR count). The largest absolute Gasteiger partial charge is 0.377 e. The van der Waals surface area contributed by atoms with Crippen LogP contribution >= 0.6 is 0 Å². The molecule has 0 aromatic heterocycles. The monoisotopic (exact) mass is 456 g/mol. The van der Waals surface area contributed by atoms with Crippen molar-refractivity contribution < 1.29 is 18.8 Å². The summed E-state index contributed by atoms with van der Waals surface area (Å²) >= 11 is 0. The Kier molecular flexibility index (Phi) is 7.51. The van der Waals surface area contributed by atoms with Crippen LogP contribution in [0.1, 0.15) is 18.4 Å². The lowest BCUT2D eigenvalue weighted by atomic mass is 10.1. The molecule has 0 spiro atoms. The number of rotatable bonds is 8. The van der Waals surface area contributed by atoms with Gasteiger partial charge in [-0.15, -0.1) is 0 Å². The Balaban J connectivity index is 1.37. The number of ether oxygens (including phenoxy) is 1. The lowest BCUT2D eigenvalue weighted by molar-refractivity contribution is -0.384. The fraction of sp³-hybridized carbons (Fsp3) is 0.458. The van der Waals surface area contributed by atoms with Gasteiger partial charge in [0.2, 0.25) is 5.91 Å². The Bertz CT molecular complexity index is 974. The number of piperazine rings is 1. The van der Waals surface area contributed by atoms with E-state index in [2.05, 4.69) is 0 Å². The van der Waals surface area contributed by atoms with Gasteiger partial charge in [0.15, 0.2) is 0 Å². The first-order chi connectivity index (χ1) is 16.0. The van der Waals surface area contributed by atoms with E-state index in [1.807, 2.05) is 15.9 Å². The van der Waals surface area contributed by atoms with E-state index in [1.165, 1.54) is 18.2 Å². The lowest BCUT2D eigenvalue weighted by Crippen LogP contribution is -2.51. The molecule has 0 radical (unpaired) electrons. The maximum atomic E-state index is 13.7. The second-order valence-electron chi connectivity index (χ2n) is 8.55. The Morgan fingerprint density at radius 3 is 2.64 bits per heavy atom. The van der Waals surface area contributed by atoms with Crippen molar-refractivity contribution in [3.8, 4) is 0 Å². The molecule has 8 nitrogen and oxygen atoms in total. The first-order valence-corrected chi connectivity index (χ1v) is 11.3. The lowest BCUT2D eigenvalue weighted by Gasteiger charge is -2.37. The highest BCUT2D eigenvalue weighted by Crippen LogP contribution is 2.28. The third-order valence-electron chi connectivity index (χ3n) is 6.19. The van der Waals surface area contributed by atoms with E-state index >= 15 is 0 Å². The smallest absolute Gasteiger partial charge is 0.292 e. The topological polar surface area (TPSA) is 79.2 Å². The van der Waals surface area contributed by atoms with Crippen LogP contribution in [0.3, 0.4) is 0 Å². The third kappa shape index (κ3) is 6.06. The normalized spacial score (nSPS) is 18.7. The van der Waals surface area contributed by atoms with E-state index in [1.54, 1.807) is 29.2 Å². The van der Waals surface area contributed by atoms with Crippen molar-refractivity contribution in [1.29, 1.82) is 0 Å². The molecule has 2 saturated heterocycles. The molecular formula is C24H29FN4O4. The van der Waals surface area contributed by atoms with Crippen LogP contribution in [0, 0.1) is 15.9 Å². The summed E-state index contributed by atoms with van der Waals surface area (Å²) in [5, 5.41) is 11.3. The number of halogens is 1. The maximum absolute atomic E-state index is 13.7. The summed E-state index contributed by atoms with van der Waals surface area (Å²) in [5.41, 5.74) is 1.48. The highest BCUT2D eigenvalue weighted by molar-refractivity contribution is 5.78. The highest BCUT2D eigenvalue weighted by Gasteiger charge is 2.27. The second-order valence-corrected chi connectivity index (χ2v) is 8.55. The second kappa shape index (κ2) is 10.7. The average Bonchev–Trinajstić information content (AvgIpc) is 3.32. The predicted octanol–water partition coefficient (Wildman–Crippen LogP) is 3.06. The fourth-order valence-corrected chi connectivity index (χ4v) is 4.53. The van der Waals surface area contributed by atoms with Crippen molar-refractivity contribution in [2.75, 3.05) is 50.8 Å². The van der Waals surface area contributed by atoms with Gasteiger partial charge < -0.3 is 14.5 Å². The molecule has 2 aromatic carbocycles. The number of hydrogen-bond donors (Lipinski definition) is 0. The van der Waals surface area contributed by atoms with Crippen molar-refractivity contribution in [1.82, 2.24) is 9.80 Å². The molecular weight excluding hydrogens is 427 g/mol. The number of nitrogens with zero attached hydrogens (tertiary/aromatic N) is 4. The number of anilines is 1. The first-order valence-electron chi connectivity index (χ1n) is 11.3. The van der Waals surface area contributed by atoms with E-state index in [-0.39, 0.29) is 35.0 Å². The average molecular weight is 457 g/mol. The Labute approximate surface area is 192 Å². The summed E-state index contributed by atoms with van der Waals surface area (Å²) in [6.07, 6.45) is 2.06. The van der Waals surface area contributed by atoms with Gasteiger partial charge in [0, 0.05) is 51.9 Å². The highest BCUT2D eigenvalue weighted by atomic mass is 19.1. The van der Waals surface area contributed by atoms with Crippen molar-refractivity contribution in [3.63, 3.8) is 0 Å². The van der Waals surface area contributed by atoms with E-state index in [0.29, 0.717) is 45.0 Å². The molecule has 1 unspecified atom stereocenters. The van der Waals surface area contributed by atoms with Crippen molar-refractivity contribution >= 4 is 17.3 Å². The molecule has 2 aliphatic rings. The zero-order valence-electron chi connectivity index (χ0n) is 18.6. The summed E-state index contributed by atoms with van der Waals surface area (Å²) in [5.74, 6) is -0.284. The Morgan fingerprint density at radius 1 is 1.15 bits per heavy atom. The van der Waals surface area contributed by atoms with Crippen molar-refractivity contribution in [2.45, 2.75) is 25.5 Å². The number of nitro groups is 1. The SMILES string of the molecule is O=C(CN(Cc1cccc(F)c1)CC1CCCO1)N1CCN(c2ccccc2[N+](=O)[O-])CC1. The van der Waals surface area contributed by atoms with Crippen molar-refractivity contribution in [3.05, 3.63) is 70.0 Å². The fourth-order valence-electron chi connectivity index (χ4n) is 4.53. The molecule has 33 heavy (non-hydrogen) atoms. The Hall–Kier alpha value is -3.04. The van der Waals surface area contributed by atoms with Gasteiger partial charge in [-0.3, -0.25) is 19.8 Å². The summed E-state index contributed by atoms with van der Waals surface area (Å²) in [6, 6.07) is 13.1. The maximum Gasteiger partial charge on any atom is 0.292 e. The number of nitro benzene ring substituents is 1. The molecule has 2 fully saturated rings. The molecule has 1 atom stereocenters. The summed E-state index contributed by atoms with van der Waals surface area (Å²) < 4.78 is 19.4. The molecule has 2 heterocycles. The molecule has 0 saturated carbocycles. The van der Waals surface area contributed by atoms with E-state index in [9.17, 15) is 19.3 Å². The number of amides is 1. The Morgan fingerprint density at radius 2 is 1.94 bits per heavy atom. The minimum absolute atomic E-state index is 0.00612. The minimum Gasteiger partial charge on any atom is -0.377 e. The van der Waals surface area contributed by atoms with E-state index < -0.39 is 0 Å². The molecule has 176 valence electrons. The number of carbonyl (C=O) groups excluding carboxylic acids is 1. The number of carbonyl (C=O) groups is 1. The number of benzene rings is 2. The van der Waals surface area contributed by atoms with Crippen LogP contribution in [0.4, 0.5) is 15.8 Å². The van der Waals surface area contributed by atoms with Gasteiger partial charge in [0.25, 0.3) is 5.69 Å². The molecule has 2 aromatic rings. The van der Waals surface area contributed by atoms with Gasteiger partial charge in [-0.25, -0.2) is 4.39 Å². The summed E-state index contributed by atoms with van der Waals surface area (Å²) in [7, 11) is 0. The molecule has 0 bridgehead atoms. The molecule has 1 amide bonds. The molecule has 2 aliphatic heterocycles. The molecule has 0 N–H and O–H groups in total. The minimum atomic E-state index is -0.373. The van der Waals surface area contributed by atoms with Crippen molar-refractivity contribution in [2.24, 2.45) is 0 Å². The van der Waals surface area contributed by atoms with Gasteiger partial charge in [0.05, 0.1) is 17.6 Å². The zero-order chi connectivity index (χ0) is 23.2. The van der Waals surface area contributed by atoms with Crippen LogP contribution in [0.5, 0.6) is 0 Å². The van der Waals surface area contributed by atoms with Gasteiger partial charge in [-0.2, -0.15) is 0 Å². The zero-order valence-corrected chi connectivity index (χ0v) is 18.6. The van der Waals surface area contributed by atoms with Gasteiger partial charge in [0.1, 0.15) is 11.5 Å². The standard InChI is InChI=1S/C24H29FN4O4/c25-20-6-3-5-19(15-20)16-26(17-21-7-4-14-33-21)18-24(30)28-12-10-27(11-13-28)22-8-1-2-9-23(22)29(31)32/h1-3,5-6,8-9,15,21H,4,7,10-14,16-18H2. The quantitative estimate of drug-likeness (QED) is 0.449. The van der Waals surface area contributed by atoms with Crippen LogP contribution < -0.4 is 4.90 Å². The number of hydrogen-bond acceptors (Lipinski definition) is 6. The van der Waals surface area contributed by atoms with E-state index in [0.717, 1.165) is 25.0 Å².